The Bertz CT molecular complexity index is 1670. The first-order valence-electron chi connectivity index (χ1n) is 9.41. The van der Waals surface area contributed by atoms with E-state index in [4.69, 9.17) is 17.3 Å². The molecular weight excluding hydrogens is 548 g/mol. The molecule has 0 aliphatic carbocycles. The van der Waals surface area contributed by atoms with Gasteiger partial charge in [-0.25, -0.2) is 18.5 Å². The third kappa shape index (κ3) is 5.10. The number of hydrogen-bond donors (Lipinski definition) is 3. The number of nitrogens with zero attached hydrogens (tertiary/aromatic N) is 2. The van der Waals surface area contributed by atoms with Crippen molar-refractivity contribution >= 4 is 61.3 Å². The topological polar surface area (TPSA) is 147 Å². The summed E-state index contributed by atoms with van der Waals surface area (Å²) in [5.41, 5.74) is 3.89. The van der Waals surface area contributed by atoms with Crippen LogP contribution in [0.4, 0.5) is 20.6 Å². The van der Waals surface area contributed by atoms with E-state index in [1.165, 1.54) is 49.5 Å². The Kier molecular flexibility index (Phi) is 8.28. The average Bonchev–Trinajstić information content (AvgIpc) is 3.22. The number of nitrogens with two attached hydrogens (primary N) is 1. The summed E-state index contributed by atoms with van der Waals surface area (Å²) >= 11 is 6.56. The number of thiophene rings is 1. The summed E-state index contributed by atoms with van der Waals surface area (Å²) in [7, 11) is -2.86. The minimum absolute atomic E-state index is 0. The van der Waals surface area contributed by atoms with E-state index in [1.54, 1.807) is 0 Å². The fourth-order valence-corrected chi connectivity index (χ4v) is 6.20. The first kappa shape index (κ1) is 27.5. The summed E-state index contributed by atoms with van der Waals surface area (Å²) in [6.07, 6.45) is 0. The molecule has 0 bridgehead atoms. The van der Waals surface area contributed by atoms with E-state index in [9.17, 15) is 27.2 Å². The van der Waals surface area contributed by atoms with Crippen LogP contribution in [0, 0.1) is 5.82 Å². The van der Waals surface area contributed by atoms with Crippen LogP contribution in [0.1, 0.15) is 0 Å². The average molecular weight is 563 g/mol. The standard InChI is InChI=1S/C20H15ClFN5O5S2.K/c1-24-15-9-14-12(8-13(15)22)18(28)26(20(30)25-14)10-2-4-11(5-3-10)27(19(23)29)34(31,32)17-7-6-16(21)33-17;/h2-9,24H,1H3,(H2,23,29)(H,25,30);/q;+1. The molecule has 2 heterocycles. The summed E-state index contributed by atoms with van der Waals surface area (Å²) in [4.78, 5) is 40.1. The summed E-state index contributed by atoms with van der Waals surface area (Å²) in [6.45, 7) is 0. The van der Waals surface area contributed by atoms with Crippen LogP contribution in [0.25, 0.3) is 16.6 Å². The number of halogens is 2. The number of anilines is 2. The SMILES string of the molecule is CNc1cc2[nH]c(=O)n(-c3ccc(N(C(N)=O)S(=O)(=O)c4ccc(Cl)s4)cc3)c(=O)c2cc1F.[K+]. The Hall–Kier alpha value is -2.04. The molecule has 0 saturated carbocycles. The normalized spacial score (nSPS) is 11.2. The summed E-state index contributed by atoms with van der Waals surface area (Å²) in [5, 5.41) is 2.55. The molecule has 0 aliphatic rings. The maximum Gasteiger partial charge on any atom is 1.00 e. The van der Waals surface area contributed by atoms with E-state index in [-0.39, 0.29) is 87.9 Å². The Labute approximate surface area is 249 Å². The molecule has 15 heteroatoms. The number of aromatic nitrogens is 2. The number of benzene rings is 2. The van der Waals surface area contributed by atoms with Crippen LogP contribution in [0.2, 0.25) is 4.34 Å². The molecule has 35 heavy (non-hydrogen) atoms. The zero-order valence-corrected chi connectivity index (χ0v) is 23.7. The van der Waals surface area contributed by atoms with Gasteiger partial charge in [-0.15, -0.1) is 11.3 Å². The van der Waals surface area contributed by atoms with Crippen molar-refractivity contribution in [3.63, 3.8) is 0 Å². The van der Waals surface area contributed by atoms with Gasteiger partial charge in [0.1, 0.15) is 10.0 Å². The van der Waals surface area contributed by atoms with Gasteiger partial charge >= 0.3 is 63.1 Å². The number of aromatic amines is 1. The van der Waals surface area contributed by atoms with Crippen LogP contribution in [0.5, 0.6) is 0 Å². The third-order valence-corrected chi connectivity index (χ3v) is 8.26. The third-order valence-electron chi connectivity index (χ3n) is 4.84. The number of H-pyrrole nitrogens is 1. The van der Waals surface area contributed by atoms with Crippen molar-refractivity contribution < 1.29 is 69.0 Å². The van der Waals surface area contributed by atoms with Crippen LogP contribution in [0.15, 0.2) is 62.3 Å². The van der Waals surface area contributed by atoms with Gasteiger partial charge in [-0.3, -0.25) is 4.79 Å². The number of fused-ring (bicyclic) bond motifs is 1. The minimum Gasteiger partial charge on any atom is -0.386 e. The van der Waals surface area contributed by atoms with Crippen molar-refractivity contribution in [2.75, 3.05) is 16.7 Å². The Morgan fingerprint density at radius 3 is 2.37 bits per heavy atom. The number of primary amides is 1. The first-order chi connectivity index (χ1) is 16.0. The zero-order chi connectivity index (χ0) is 24.8. The zero-order valence-electron chi connectivity index (χ0n) is 18.2. The van der Waals surface area contributed by atoms with Gasteiger partial charge in [0, 0.05) is 7.05 Å². The van der Waals surface area contributed by atoms with Gasteiger partial charge in [-0.05, 0) is 48.5 Å². The number of hydrogen-bond acceptors (Lipinski definition) is 7. The Morgan fingerprint density at radius 1 is 1.17 bits per heavy atom. The van der Waals surface area contributed by atoms with Crippen LogP contribution < -0.4 is 78.0 Å². The maximum absolute atomic E-state index is 14.2. The smallest absolute Gasteiger partial charge is 0.386 e. The van der Waals surface area contributed by atoms with Crippen molar-refractivity contribution in [3.8, 4) is 5.69 Å². The van der Waals surface area contributed by atoms with Gasteiger partial charge in [-0.1, -0.05) is 11.6 Å². The van der Waals surface area contributed by atoms with Gasteiger partial charge in [0.15, 0.2) is 0 Å². The van der Waals surface area contributed by atoms with Crippen molar-refractivity contribution in [1.82, 2.24) is 9.55 Å². The number of urea groups is 1. The van der Waals surface area contributed by atoms with Crippen LogP contribution >= 0.6 is 22.9 Å². The van der Waals surface area contributed by atoms with Gasteiger partial charge in [0.05, 0.1) is 32.3 Å². The molecule has 0 spiro atoms. The largest absolute Gasteiger partial charge is 1.00 e. The van der Waals surface area contributed by atoms with Crippen molar-refractivity contribution in [2.24, 2.45) is 5.73 Å². The van der Waals surface area contributed by atoms with Crippen LogP contribution in [-0.4, -0.2) is 31.0 Å². The molecule has 0 saturated heterocycles. The Balaban J connectivity index is 0.00000342. The predicted octanol–water partition coefficient (Wildman–Crippen LogP) is -0.147. The molecule has 4 rings (SSSR count). The van der Waals surface area contributed by atoms with Gasteiger partial charge in [0.2, 0.25) is 0 Å². The second kappa shape index (κ2) is 10.5. The molecular formula is C20H15ClFKN5O5S2+. The summed E-state index contributed by atoms with van der Waals surface area (Å²) < 4.78 is 41.1. The number of carbonyl (C=O) groups is 1. The minimum atomic E-state index is -4.36. The van der Waals surface area contributed by atoms with Crippen LogP contribution in [0.3, 0.4) is 0 Å². The quantitative estimate of drug-likeness (QED) is 0.288. The molecule has 0 fully saturated rings. The number of carbonyl (C=O) groups excluding carboxylic acids is 1. The molecule has 176 valence electrons. The fraction of sp³-hybridized carbons (Fsp3) is 0.0500. The van der Waals surface area contributed by atoms with Crippen molar-refractivity contribution in [1.29, 1.82) is 0 Å². The molecule has 0 aliphatic heterocycles. The summed E-state index contributed by atoms with van der Waals surface area (Å²) in [5.74, 6) is -0.683. The second-order valence-corrected chi connectivity index (χ2v) is 10.6. The van der Waals surface area contributed by atoms with Gasteiger partial charge < -0.3 is 16.0 Å². The Morgan fingerprint density at radius 2 is 1.83 bits per heavy atom. The van der Waals surface area contributed by atoms with Crippen molar-refractivity contribution in [3.05, 3.63) is 79.5 Å². The molecule has 0 unspecified atom stereocenters. The van der Waals surface area contributed by atoms with Gasteiger partial charge in [-0.2, -0.15) is 12.7 Å². The van der Waals surface area contributed by atoms with Crippen molar-refractivity contribution in [2.45, 2.75) is 4.21 Å². The first-order valence-corrected chi connectivity index (χ1v) is 12.0. The van der Waals surface area contributed by atoms with E-state index in [1.807, 2.05) is 0 Å². The molecule has 4 N–H and O–H groups in total. The monoisotopic (exact) mass is 562 g/mol. The number of sulfonamides is 1. The molecule has 2 aromatic carbocycles. The van der Waals surface area contributed by atoms with Crippen LogP contribution in [-0.2, 0) is 10.0 Å². The van der Waals surface area contributed by atoms with Gasteiger partial charge in [0.25, 0.3) is 15.6 Å². The number of rotatable bonds is 5. The fourth-order valence-electron chi connectivity index (χ4n) is 3.31. The van der Waals surface area contributed by atoms with E-state index >= 15 is 0 Å². The molecule has 0 atom stereocenters. The number of amides is 2. The predicted molar refractivity (Wildman–Crippen MR) is 128 cm³/mol. The molecule has 4 aromatic rings. The second-order valence-electron chi connectivity index (χ2n) is 6.88. The van der Waals surface area contributed by atoms with E-state index in [2.05, 4.69) is 10.3 Å². The van der Waals surface area contributed by atoms with E-state index in [0.29, 0.717) is 4.31 Å². The van der Waals surface area contributed by atoms with E-state index < -0.39 is 33.1 Å². The maximum atomic E-state index is 14.2. The molecule has 2 amide bonds. The molecule has 10 nitrogen and oxygen atoms in total. The summed E-state index contributed by atoms with van der Waals surface area (Å²) in [6, 6.07) is 8.54. The molecule has 2 aromatic heterocycles. The van der Waals surface area contributed by atoms with E-state index in [0.717, 1.165) is 22.0 Å². The number of nitrogens with one attached hydrogen (secondary N) is 2. The molecule has 0 radical (unpaired) electrons.